The second-order valence-electron chi connectivity index (χ2n) is 7.19. The standard InChI is InChI=1S/C23H18ClN3OS/c1-23(2,28)22-13-19(27(26-22)18-6-4-3-5-17(18)24)21-12-11-20(29-21)16-9-7-15(14-25)8-10-16/h3-13,28H,1-2H3. The highest BCUT2D eigenvalue weighted by atomic mass is 35.5. The van der Waals surface area contributed by atoms with Gasteiger partial charge in [0.2, 0.25) is 0 Å². The van der Waals surface area contributed by atoms with Crippen molar-refractivity contribution in [3.63, 3.8) is 0 Å². The summed E-state index contributed by atoms with van der Waals surface area (Å²) < 4.78 is 1.78. The van der Waals surface area contributed by atoms with Crippen LogP contribution in [-0.4, -0.2) is 14.9 Å². The molecular weight excluding hydrogens is 402 g/mol. The molecule has 6 heteroatoms. The van der Waals surface area contributed by atoms with E-state index in [1.54, 1.807) is 29.9 Å². The lowest BCUT2D eigenvalue weighted by Crippen LogP contribution is -2.16. The Balaban J connectivity index is 1.82. The number of halogens is 1. The summed E-state index contributed by atoms with van der Waals surface area (Å²) in [6.45, 7) is 3.43. The normalized spacial score (nSPS) is 11.4. The largest absolute Gasteiger partial charge is 0.384 e. The molecule has 0 fully saturated rings. The highest BCUT2D eigenvalue weighted by Crippen LogP contribution is 2.37. The molecule has 2 aromatic carbocycles. The molecule has 0 saturated carbocycles. The number of nitrogens with zero attached hydrogens (tertiary/aromatic N) is 3. The number of benzene rings is 2. The molecule has 2 heterocycles. The summed E-state index contributed by atoms with van der Waals surface area (Å²) in [6.07, 6.45) is 0. The van der Waals surface area contributed by atoms with E-state index in [1.165, 1.54) is 0 Å². The maximum absolute atomic E-state index is 10.5. The van der Waals surface area contributed by atoms with Crippen molar-refractivity contribution in [2.75, 3.05) is 0 Å². The summed E-state index contributed by atoms with van der Waals surface area (Å²) in [4.78, 5) is 2.09. The van der Waals surface area contributed by atoms with Crippen molar-refractivity contribution in [3.05, 3.63) is 83.0 Å². The first-order chi connectivity index (χ1) is 13.9. The lowest BCUT2D eigenvalue weighted by Gasteiger charge is -2.13. The van der Waals surface area contributed by atoms with Crippen LogP contribution in [0, 0.1) is 11.3 Å². The van der Waals surface area contributed by atoms with Crippen LogP contribution in [-0.2, 0) is 5.60 Å². The van der Waals surface area contributed by atoms with E-state index >= 15 is 0 Å². The summed E-state index contributed by atoms with van der Waals surface area (Å²) in [7, 11) is 0. The zero-order valence-corrected chi connectivity index (χ0v) is 17.5. The molecule has 0 bridgehead atoms. The van der Waals surface area contributed by atoms with Crippen LogP contribution >= 0.6 is 22.9 Å². The zero-order chi connectivity index (χ0) is 20.6. The fourth-order valence-corrected chi connectivity index (χ4v) is 4.23. The van der Waals surface area contributed by atoms with Gasteiger partial charge >= 0.3 is 0 Å². The summed E-state index contributed by atoms with van der Waals surface area (Å²) in [5.41, 5.74) is 2.80. The molecule has 0 amide bonds. The molecule has 0 atom stereocenters. The summed E-state index contributed by atoms with van der Waals surface area (Å²) in [5.74, 6) is 0. The molecule has 0 aliphatic heterocycles. The van der Waals surface area contributed by atoms with Gasteiger partial charge in [-0.25, -0.2) is 4.68 Å². The number of hydrogen-bond acceptors (Lipinski definition) is 4. The van der Waals surface area contributed by atoms with Crippen molar-refractivity contribution in [1.82, 2.24) is 9.78 Å². The third-order valence-corrected chi connectivity index (χ3v) is 6.05. The minimum atomic E-state index is -1.07. The van der Waals surface area contributed by atoms with Crippen molar-refractivity contribution in [1.29, 1.82) is 5.26 Å². The number of aliphatic hydroxyl groups is 1. The first-order valence-corrected chi connectivity index (χ1v) is 10.2. The molecule has 2 aromatic heterocycles. The van der Waals surface area contributed by atoms with Crippen LogP contribution in [0.1, 0.15) is 25.1 Å². The Morgan fingerprint density at radius 3 is 2.38 bits per heavy atom. The number of hydrogen-bond donors (Lipinski definition) is 1. The average Bonchev–Trinajstić information content (AvgIpc) is 3.35. The Hall–Kier alpha value is -2.91. The van der Waals surface area contributed by atoms with E-state index in [0.717, 1.165) is 26.7 Å². The van der Waals surface area contributed by atoms with Gasteiger partial charge in [0.15, 0.2) is 0 Å². The van der Waals surface area contributed by atoms with Gasteiger partial charge in [0.05, 0.1) is 38.6 Å². The molecule has 0 aliphatic carbocycles. The zero-order valence-electron chi connectivity index (χ0n) is 15.9. The van der Waals surface area contributed by atoms with E-state index in [2.05, 4.69) is 17.2 Å². The lowest BCUT2D eigenvalue weighted by molar-refractivity contribution is 0.0734. The van der Waals surface area contributed by atoms with Crippen LogP contribution in [0.4, 0.5) is 0 Å². The van der Waals surface area contributed by atoms with Gasteiger partial charge in [-0.15, -0.1) is 11.3 Å². The van der Waals surface area contributed by atoms with Gasteiger partial charge in [-0.2, -0.15) is 10.4 Å². The number of rotatable bonds is 4. The average molecular weight is 420 g/mol. The van der Waals surface area contributed by atoms with Gasteiger partial charge in [-0.3, -0.25) is 0 Å². The smallest absolute Gasteiger partial charge is 0.103 e. The highest BCUT2D eigenvalue weighted by molar-refractivity contribution is 7.18. The number of aromatic nitrogens is 2. The lowest BCUT2D eigenvalue weighted by atomic mass is 10.1. The monoisotopic (exact) mass is 419 g/mol. The molecule has 144 valence electrons. The third kappa shape index (κ3) is 3.83. The van der Waals surface area contributed by atoms with Crippen molar-refractivity contribution >= 4 is 22.9 Å². The first-order valence-electron chi connectivity index (χ1n) is 9.05. The molecule has 0 radical (unpaired) electrons. The number of nitriles is 1. The van der Waals surface area contributed by atoms with Crippen molar-refractivity contribution in [2.45, 2.75) is 19.4 Å². The second kappa shape index (κ2) is 7.49. The minimum Gasteiger partial charge on any atom is -0.384 e. The number of thiophene rings is 1. The van der Waals surface area contributed by atoms with Crippen LogP contribution in [0.15, 0.2) is 66.7 Å². The topological polar surface area (TPSA) is 61.8 Å². The summed E-state index contributed by atoms with van der Waals surface area (Å²) >= 11 is 8.05. The van der Waals surface area contributed by atoms with E-state index < -0.39 is 5.60 Å². The molecule has 1 N–H and O–H groups in total. The molecule has 0 aliphatic rings. The van der Waals surface area contributed by atoms with E-state index in [1.807, 2.05) is 60.7 Å². The predicted octanol–water partition coefficient (Wildman–Crippen LogP) is 6.02. The fourth-order valence-electron chi connectivity index (χ4n) is 3.00. The van der Waals surface area contributed by atoms with Crippen molar-refractivity contribution < 1.29 is 5.11 Å². The van der Waals surface area contributed by atoms with E-state index in [9.17, 15) is 5.11 Å². The Kier molecular flexibility index (Phi) is 5.01. The molecule has 0 spiro atoms. The third-order valence-electron chi connectivity index (χ3n) is 4.57. The molecule has 4 aromatic rings. The first kappa shape index (κ1) is 19.4. The van der Waals surface area contributed by atoms with E-state index in [-0.39, 0.29) is 0 Å². The van der Waals surface area contributed by atoms with Crippen LogP contribution in [0.3, 0.4) is 0 Å². The van der Waals surface area contributed by atoms with Gasteiger partial charge in [0, 0.05) is 4.88 Å². The molecule has 0 saturated heterocycles. The van der Waals surface area contributed by atoms with Gasteiger partial charge in [-0.05, 0) is 61.9 Å². The Bertz CT molecular complexity index is 1210. The van der Waals surface area contributed by atoms with Gasteiger partial charge in [0.25, 0.3) is 0 Å². The minimum absolute atomic E-state index is 0.570. The van der Waals surface area contributed by atoms with Crippen LogP contribution in [0.25, 0.3) is 26.7 Å². The fraction of sp³-hybridized carbons (Fsp3) is 0.130. The number of para-hydroxylation sites is 1. The van der Waals surface area contributed by atoms with Gasteiger partial charge in [0.1, 0.15) is 5.60 Å². The SMILES string of the molecule is CC(C)(O)c1cc(-c2ccc(-c3ccc(C#N)cc3)s2)n(-c2ccccc2Cl)n1. The predicted molar refractivity (Wildman–Crippen MR) is 117 cm³/mol. The van der Waals surface area contributed by atoms with Crippen LogP contribution in [0.2, 0.25) is 5.02 Å². The van der Waals surface area contributed by atoms with Gasteiger partial charge < -0.3 is 5.11 Å². The molecule has 0 unspecified atom stereocenters. The van der Waals surface area contributed by atoms with E-state index in [4.69, 9.17) is 16.9 Å². The maximum atomic E-state index is 10.5. The molecule has 4 nitrogen and oxygen atoms in total. The summed E-state index contributed by atoms with van der Waals surface area (Å²) in [6, 6.07) is 23.2. The molecule has 4 rings (SSSR count). The molecular formula is C23H18ClN3OS. The Morgan fingerprint density at radius 2 is 1.72 bits per heavy atom. The van der Waals surface area contributed by atoms with Gasteiger partial charge in [-0.1, -0.05) is 35.9 Å². The summed E-state index contributed by atoms with van der Waals surface area (Å²) in [5, 5.41) is 24.7. The second-order valence-corrected chi connectivity index (χ2v) is 8.68. The van der Waals surface area contributed by atoms with Crippen molar-refractivity contribution in [2.24, 2.45) is 0 Å². The van der Waals surface area contributed by atoms with E-state index in [0.29, 0.717) is 16.3 Å². The molecule has 29 heavy (non-hydrogen) atoms. The Labute approximate surface area is 178 Å². The van der Waals surface area contributed by atoms with Crippen LogP contribution < -0.4 is 0 Å². The van der Waals surface area contributed by atoms with Crippen LogP contribution in [0.5, 0.6) is 0 Å². The maximum Gasteiger partial charge on any atom is 0.103 e. The van der Waals surface area contributed by atoms with Crippen molar-refractivity contribution in [3.8, 4) is 32.8 Å². The quantitative estimate of drug-likeness (QED) is 0.440. The highest BCUT2D eigenvalue weighted by Gasteiger charge is 2.24. The Morgan fingerprint density at radius 1 is 1.03 bits per heavy atom.